The summed E-state index contributed by atoms with van der Waals surface area (Å²) in [5.74, 6) is 0. The van der Waals surface area contributed by atoms with E-state index in [0.717, 1.165) is 6.42 Å². The molecule has 0 spiro atoms. The number of hydrogen-bond acceptors (Lipinski definition) is 0. The first-order valence-electron chi connectivity index (χ1n) is 6.45. The van der Waals surface area contributed by atoms with Gasteiger partial charge < -0.3 is 0 Å². The van der Waals surface area contributed by atoms with E-state index in [-0.39, 0.29) is 0 Å². The van der Waals surface area contributed by atoms with Crippen molar-refractivity contribution in [1.29, 1.82) is 0 Å². The highest BCUT2D eigenvalue weighted by atomic mass is 14.1. The Bertz CT molecular complexity index is 666. The van der Waals surface area contributed by atoms with Crippen LogP contribution in [0, 0.1) is 0 Å². The van der Waals surface area contributed by atoms with Crippen molar-refractivity contribution in [3.8, 4) is 11.1 Å². The Hall–Kier alpha value is -2.08. The molecule has 0 heterocycles. The van der Waals surface area contributed by atoms with Crippen molar-refractivity contribution in [2.24, 2.45) is 0 Å². The molecule has 0 fully saturated rings. The van der Waals surface area contributed by atoms with E-state index in [0.29, 0.717) is 0 Å². The molecule has 0 aromatic heterocycles. The first-order valence-corrected chi connectivity index (χ1v) is 6.45. The van der Waals surface area contributed by atoms with Gasteiger partial charge in [-0.1, -0.05) is 67.6 Å². The van der Waals surface area contributed by atoms with Crippen LogP contribution < -0.4 is 0 Å². The van der Waals surface area contributed by atoms with E-state index in [1.54, 1.807) is 0 Å². The minimum absolute atomic E-state index is 1.06. The van der Waals surface area contributed by atoms with Gasteiger partial charge in [-0.05, 0) is 39.9 Å². The van der Waals surface area contributed by atoms with Crippen molar-refractivity contribution in [3.05, 3.63) is 72.3 Å². The lowest BCUT2D eigenvalue weighted by Gasteiger charge is -2.10. The summed E-state index contributed by atoms with van der Waals surface area (Å²) >= 11 is 0. The van der Waals surface area contributed by atoms with Gasteiger partial charge in [-0.15, -0.1) is 0 Å². The van der Waals surface area contributed by atoms with Gasteiger partial charge in [0, 0.05) is 0 Å². The summed E-state index contributed by atoms with van der Waals surface area (Å²) in [6.45, 7) is 2.22. The molecular formula is C18H16. The third-order valence-electron chi connectivity index (χ3n) is 3.44. The molecule has 0 N–H and O–H groups in total. The van der Waals surface area contributed by atoms with Gasteiger partial charge in [-0.25, -0.2) is 0 Å². The fourth-order valence-corrected chi connectivity index (χ4v) is 2.47. The molecule has 88 valence electrons. The third kappa shape index (κ3) is 1.91. The lowest BCUT2D eigenvalue weighted by Crippen LogP contribution is -1.88. The molecule has 0 saturated heterocycles. The SMILES string of the molecule is CCc1cc2ccccc2cc1-c1ccccc1. The number of fused-ring (bicyclic) bond motifs is 1. The smallest absolute Gasteiger partial charge is 0.0146 e. The van der Waals surface area contributed by atoms with E-state index in [2.05, 4.69) is 73.7 Å². The molecule has 3 rings (SSSR count). The standard InChI is InChI=1S/C18H16/c1-2-14-12-16-10-6-7-11-17(16)13-18(14)15-8-4-3-5-9-15/h3-13H,2H2,1H3. The zero-order valence-electron chi connectivity index (χ0n) is 10.6. The topological polar surface area (TPSA) is 0 Å². The molecule has 0 aliphatic heterocycles. The van der Waals surface area contributed by atoms with Crippen LogP contribution in [0.4, 0.5) is 0 Å². The lowest BCUT2D eigenvalue weighted by atomic mass is 9.94. The summed E-state index contributed by atoms with van der Waals surface area (Å²) in [4.78, 5) is 0. The Morgan fingerprint density at radius 1 is 0.722 bits per heavy atom. The Morgan fingerprint density at radius 3 is 2.00 bits per heavy atom. The maximum Gasteiger partial charge on any atom is -0.0146 e. The Kier molecular flexibility index (Phi) is 2.85. The van der Waals surface area contributed by atoms with Gasteiger partial charge in [0.05, 0.1) is 0 Å². The predicted molar refractivity (Wildman–Crippen MR) is 78.8 cm³/mol. The van der Waals surface area contributed by atoms with Crippen molar-refractivity contribution in [2.75, 3.05) is 0 Å². The maximum atomic E-state index is 2.32. The van der Waals surface area contributed by atoms with E-state index < -0.39 is 0 Å². The highest BCUT2D eigenvalue weighted by molar-refractivity contribution is 5.89. The zero-order valence-corrected chi connectivity index (χ0v) is 10.6. The molecule has 0 aliphatic carbocycles. The molecule has 0 bridgehead atoms. The first-order chi connectivity index (χ1) is 8.88. The highest BCUT2D eigenvalue weighted by Crippen LogP contribution is 2.29. The van der Waals surface area contributed by atoms with E-state index >= 15 is 0 Å². The van der Waals surface area contributed by atoms with Crippen molar-refractivity contribution < 1.29 is 0 Å². The van der Waals surface area contributed by atoms with Gasteiger partial charge in [0.25, 0.3) is 0 Å². The molecule has 3 aromatic rings. The van der Waals surface area contributed by atoms with Gasteiger partial charge in [-0.3, -0.25) is 0 Å². The van der Waals surface area contributed by atoms with Crippen molar-refractivity contribution in [3.63, 3.8) is 0 Å². The normalized spacial score (nSPS) is 10.7. The van der Waals surface area contributed by atoms with Crippen LogP contribution in [0.25, 0.3) is 21.9 Å². The van der Waals surface area contributed by atoms with Crippen LogP contribution in [-0.2, 0) is 6.42 Å². The van der Waals surface area contributed by atoms with E-state index in [9.17, 15) is 0 Å². The zero-order chi connectivity index (χ0) is 12.4. The van der Waals surface area contributed by atoms with E-state index in [1.807, 2.05) is 0 Å². The van der Waals surface area contributed by atoms with E-state index in [1.165, 1.54) is 27.5 Å². The average molecular weight is 232 g/mol. The fraction of sp³-hybridized carbons (Fsp3) is 0.111. The number of aryl methyl sites for hydroxylation is 1. The molecule has 0 nitrogen and oxygen atoms in total. The fourth-order valence-electron chi connectivity index (χ4n) is 2.47. The monoisotopic (exact) mass is 232 g/mol. The minimum atomic E-state index is 1.06. The molecule has 0 amide bonds. The van der Waals surface area contributed by atoms with Crippen LogP contribution in [0.2, 0.25) is 0 Å². The van der Waals surface area contributed by atoms with Crippen LogP contribution in [0.5, 0.6) is 0 Å². The summed E-state index contributed by atoms with van der Waals surface area (Å²) in [5.41, 5.74) is 4.08. The summed E-state index contributed by atoms with van der Waals surface area (Å²) in [6.07, 6.45) is 1.06. The molecule has 0 radical (unpaired) electrons. The average Bonchev–Trinajstić information content (AvgIpc) is 2.46. The van der Waals surface area contributed by atoms with Crippen molar-refractivity contribution in [1.82, 2.24) is 0 Å². The summed E-state index contributed by atoms with van der Waals surface area (Å²) < 4.78 is 0. The van der Waals surface area contributed by atoms with Gasteiger partial charge in [0.2, 0.25) is 0 Å². The number of benzene rings is 3. The van der Waals surface area contributed by atoms with Gasteiger partial charge in [0.15, 0.2) is 0 Å². The molecule has 18 heavy (non-hydrogen) atoms. The van der Waals surface area contributed by atoms with Crippen LogP contribution in [-0.4, -0.2) is 0 Å². The summed E-state index contributed by atoms with van der Waals surface area (Å²) in [6, 6.07) is 23.8. The van der Waals surface area contributed by atoms with Gasteiger partial charge in [0.1, 0.15) is 0 Å². The molecule has 0 heteroatoms. The quantitative estimate of drug-likeness (QED) is 0.578. The van der Waals surface area contributed by atoms with Crippen LogP contribution in [0.3, 0.4) is 0 Å². The molecule has 0 atom stereocenters. The molecule has 0 saturated carbocycles. The molecular weight excluding hydrogens is 216 g/mol. The number of rotatable bonds is 2. The molecule has 0 aliphatic rings. The van der Waals surface area contributed by atoms with Crippen LogP contribution in [0.1, 0.15) is 12.5 Å². The Labute approximate surface area is 108 Å². The highest BCUT2D eigenvalue weighted by Gasteiger charge is 2.05. The van der Waals surface area contributed by atoms with Gasteiger partial charge in [-0.2, -0.15) is 0 Å². The van der Waals surface area contributed by atoms with Crippen molar-refractivity contribution >= 4 is 10.8 Å². The molecule has 3 aromatic carbocycles. The predicted octanol–water partition coefficient (Wildman–Crippen LogP) is 5.07. The van der Waals surface area contributed by atoms with E-state index in [4.69, 9.17) is 0 Å². The minimum Gasteiger partial charge on any atom is -0.0622 e. The Morgan fingerprint density at radius 2 is 1.33 bits per heavy atom. The second-order valence-corrected chi connectivity index (χ2v) is 4.58. The van der Waals surface area contributed by atoms with Gasteiger partial charge >= 0.3 is 0 Å². The third-order valence-corrected chi connectivity index (χ3v) is 3.44. The second kappa shape index (κ2) is 4.66. The maximum absolute atomic E-state index is 2.32. The summed E-state index contributed by atoms with van der Waals surface area (Å²) in [7, 11) is 0. The van der Waals surface area contributed by atoms with Crippen LogP contribution in [0.15, 0.2) is 66.7 Å². The summed E-state index contributed by atoms with van der Waals surface area (Å²) in [5, 5.41) is 2.64. The largest absolute Gasteiger partial charge is 0.0622 e. The number of hydrogen-bond donors (Lipinski definition) is 0. The first kappa shape index (κ1) is 11.0. The van der Waals surface area contributed by atoms with Crippen molar-refractivity contribution in [2.45, 2.75) is 13.3 Å². The van der Waals surface area contributed by atoms with Crippen LogP contribution >= 0.6 is 0 Å². The Balaban J connectivity index is 2.27. The lowest BCUT2D eigenvalue weighted by molar-refractivity contribution is 1.15. The molecule has 0 unspecified atom stereocenters. The second-order valence-electron chi connectivity index (χ2n) is 4.58.